The van der Waals surface area contributed by atoms with Gasteiger partial charge in [0.05, 0.1) is 19.0 Å². The molecule has 27 heavy (non-hydrogen) atoms. The second-order valence-electron chi connectivity index (χ2n) is 5.51. The van der Waals surface area contributed by atoms with Crippen molar-refractivity contribution in [1.29, 1.82) is 0 Å². The van der Waals surface area contributed by atoms with Crippen molar-refractivity contribution in [3.8, 4) is 5.88 Å². The van der Waals surface area contributed by atoms with Gasteiger partial charge in [0, 0.05) is 24.9 Å². The molecule has 1 aromatic carbocycles. The van der Waals surface area contributed by atoms with Crippen LogP contribution in [0, 0.1) is 5.82 Å². The number of halogens is 1. The third-order valence-corrected chi connectivity index (χ3v) is 4.18. The summed E-state index contributed by atoms with van der Waals surface area (Å²) in [6.07, 6.45) is 5.07. The summed E-state index contributed by atoms with van der Waals surface area (Å²) in [4.78, 5) is 31.7. The topological polar surface area (TPSA) is 93.2 Å². The van der Waals surface area contributed by atoms with Crippen molar-refractivity contribution in [1.82, 2.24) is 15.3 Å². The largest absolute Gasteiger partial charge is 0.476 e. The minimum atomic E-state index is -0.470. The van der Waals surface area contributed by atoms with Gasteiger partial charge < -0.3 is 15.4 Å². The fourth-order valence-corrected chi connectivity index (χ4v) is 2.40. The van der Waals surface area contributed by atoms with Gasteiger partial charge in [-0.2, -0.15) is 11.8 Å². The van der Waals surface area contributed by atoms with Gasteiger partial charge in [0.15, 0.2) is 0 Å². The molecule has 0 radical (unpaired) electrons. The molecule has 0 saturated heterocycles. The Morgan fingerprint density at radius 1 is 1.26 bits per heavy atom. The summed E-state index contributed by atoms with van der Waals surface area (Å²) in [7, 11) is 1.52. The Bertz CT molecular complexity index is 787. The minimum absolute atomic E-state index is 0.114. The van der Waals surface area contributed by atoms with E-state index in [0.29, 0.717) is 23.7 Å². The Hall–Kier alpha value is -2.68. The SMILES string of the molecule is CNC(=O)CCc1cc(NC(=O)c2cnc(OCCSC)cn2)ccc1F. The molecule has 0 aliphatic heterocycles. The van der Waals surface area contributed by atoms with Crippen LogP contribution >= 0.6 is 11.8 Å². The second kappa shape index (κ2) is 10.5. The van der Waals surface area contributed by atoms with Gasteiger partial charge in [0.1, 0.15) is 11.5 Å². The summed E-state index contributed by atoms with van der Waals surface area (Å²) in [5.41, 5.74) is 0.874. The molecule has 2 amide bonds. The summed E-state index contributed by atoms with van der Waals surface area (Å²) < 4.78 is 19.3. The predicted octanol–water partition coefficient (Wildman–Crippen LogP) is 2.29. The van der Waals surface area contributed by atoms with Crippen molar-refractivity contribution in [2.45, 2.75) is 12.8 Å². The molecule has 0 atom stereocenters. The maximum atomic E-state index is 13.9. The second-order valence-corrected chi connectivity index (χ2v) is 6.50. The first kappa shape index (κ1) is 20.6. The highest BCUT2D eigenvalue weighted by Gasteiger charge is 2.11. The normalized spacial score (nSPS) is 10.3. The Balaban J connectivity index is 1.99. The molecule has 1 aromatic heterocycles. The van der Waals surface area contributed by atoms with Crippen LogP contribution in [0.4, 0.5) is 10.1 Å². The van der Waals surface area contributed by atoms with Gasteiger partial charge in [0.25, 0.3) is 5.91 Å². The number of carbonyl (C=O) groups is 2. The number of rotatable bonds is 9. The number of amides is 2. The van der Waals surface area contributed by atoms with Gasteiger partial charge in [-0.05, 0) is 36.4 Å². The van der Waals surface area contributed by atoms with E-state index in [0.717, 1.165) is 5.75 Å². The molecule has 1 heterocycles. The van der Waals surface area contributed by atoms with Crippen LogP contribution in [0.2, 0.25) is 0 Å². The monoisotopic (exact) mass is 392 g/mol. The van der Waals surface area contributed by atoms with Gasteiger partial charge in [0.2, 0.25) is 11.8 Å². The van der Waals surface area contributed by atoms with Crippen LogP contribution in [-0.2, 0) is 11.2 Å². The first-order valence-corrected chi connectivity index (χ1v) is 9.67. The van der Waals surface area contributed by atoms with Crippen molar-refractivity contribution in [2.24, 2.45) is 0 Å². The first-order chi connectivity index (χ1) is 13.0. The van der Waals surface area contributed by atoms with Crippen LogP contribution in [0.15, 0.2) is 30.6 Å². The number of hydrogen-bond acceptors (Lipinski definition) is 6. The van der Waals surface area contributed by atoms with Crippen LogP contribution in [0.1, 0.15) is 22.5 Å². The number of thioether (sulfide) groups is 1. The van der Waals surface area contributed by atoms with Crippen LogP contribution < -0.4 is 15.4 Å². The molecule has 0 unspecified atom stereocenters. The molecule has 9 heteroatoms. The molecule has 0 bridgehead atoms. The van der Waals surface area contributed by atoms with Crippen molar-refractivity contribution in [3.05, 3.63) is 47.7 Å². The summed E-state index contributed by atoms with van der Waals surface area (Å²) in [6, 6.07) is 4.20. The standard InChI is InChI=1S/C18H21FN4O3S/c1-20-16(24)6-3-12-9-13(4-5-14(12)19)23-18(25)15-10-22-17(11-21-15)26-7-8-27-2/h4-5,9-11H,3,6-8H2,1-2H3,(H,20,24)(H,23,25). The lowest BCUT2D eigenvalue weighted by Crippen LogP contribution is -2.18. The number of aryl methyl sites for hydroxylation is 1. The molecule has 0 fully saturated rings. The highest BCUT2D eigenvalue weighted by Crippen LogP contribution is 2.17. The summed E-state index contributed by atoms with van der Waals surface area (Å²) in [6.45, 7) is 0.510. The van der Waals surface area contributed by atoms with Gasteiger partial charge in [-0.3, -0.25) is 9.59 Å². The summed E-state index contributed by atoms with van der Waals surface area (Å²) in [5, 5.41) is 5.13. The van der Waals surface area contributed by atoms with Crippen molar-refractivity contribution in [2.75, 3.05) is 31.0 Å². The minimum Gasteiger partial charge on any atom is -0.476 e. The molecule has 0 saturated carbocycles. The number of nitrogens with one attached hydrogen (secondary N) is 2. The molecule has 0 aliphatic carbocycles. The molecule has 0 aliphatic rings. The smallest absolute Gasteiger partial charge is 0.275 e. The van der Waals surface area contributed by atoms with Gasteiger partial charge in [-0.1, -0.05) is 0 Å². The Labute approximate surface area is 161 Å². The summed E-state index contributed by atoms with van der Waals surface area (Å²) in [5.74, 6) is 0.0970. The van der Waals surface area contributed by atoms with E-state index >= 15 is 0 Å². The maximum absolute atomic E-state index is 13.9. The Morgan fingerprint density at radius 3 is 2.74 bits per heavy atom. The van der Waals surface area contributed by atoms with Gasteiger partial charge in [-0.15, -0.1) is 0 Å². The highest BCUT2D eigenvalue weighted by atomic mass is 32.2. The number of benzene rings is 1. The lowest BCUT2D eigenvalue weighted by atomic mass is 10.1. The van der Waals surface area contributed by atoms with E-state index in [1.165, 1.54) is 37.6 Å². The lowest BCUT2D eigenvalue weighted by molar-refractivity contribution is -0.120. The zero-order chi connectivity index (χ0) is 19.6. The zero-order valence-electron chi connectivity index (χ0n) is 15.1. The summed E-state index contributed by atoms with van der Waals surface area (Å²) >= 11 is 1.65. The van der Waals surface area contributed by atoms with E-state index in [1.807, 2.05) is 6.26 Å². The van der Waals surface area contributed by atoms with Crippen molar-refractivity contribution < 1.29 is 18.7 Å². The highest BCUT2D eigenvalue weighted by molar-refractivity contribution is 7.98. The molecular formula is C18H21FN4O3S. The Kier molecular flexibility index (Phi) is 8.00. The van der Waals surface area contributed by atoms with Gasteiger partial charge in [-0.25, -0.2) is 14.4 Å². The number of anilines is 1. The fraction of sp³-hybridized carbons (Fsp3) is 0.333. The van der Waals surface area contributed by atoms with E-state index in [4.69, 9.17) is 4.74 Å². The average molecular weight is 392 g/mol. The van der Waals surface area contributed by atoms with E-state index in [2.05, 4.69) is 20.6 Å². The van der Waals surface area contributed by atoms with Crippen LogP contribution in [0.3, 0.4) is 0 Å². The molecule has 2 rings (SSSR count). The first-order valence-electron chi connectivity index (χ1n) is 8.27. The van der Waals surface area contributed by atoms with E-state index in [1.54, 1.807) is 11.8 Å². The number of nitrogens with zero attached hydrogens (tertiary/aromatic N) is 2. The van der Waals surface area contributed by atoms with Crippen molar-refractivity contribution in [3.63, 3.8) is 0 Å². The Morgan fingerprint density at radius 2 is 2.07 bits per heavy atom. The molecular weight excluding hydrogens is 371 g/mol. The van der Waals surface area contributed by atoms with Crippen LogP contribution in [0.25, 0.3) is 0 Å². The quantitative estimate of drug-likeness (QED) is 0.636. The average Bonchev–Trinajstić information content (AvgIpc) is 2.68. The number of hydrogen-bond donors (Lipinski definition) is 2. The van der Waals surface area contributed by atoms with Crippen LogP contribution in [0.5, 0.6) is 5.88 Å². The molecule has 144 valence electrons. The van der Waals surface area contributed by atoms with Crippen LogP contribution in [-0.4, -0.2) is 47.4 Å². The third kappa shape index (κ3) is 6.52. The zero-order valence-corrected chi connectivity index (χ0v) is 15.9. The number of ether oxygens (including phenoxy) is 1. The van der Waals surface area contributed by atoms with E-state index < -0.39 is 11.7 Å². The molecule has 7 nitrogen and oxygen atoms in total. The number of carbonyl (C=O) groups excluding carboxylic acids is 2. The molecule has 2 N–H and O–H groups in total. The lowest BCUT2D eigenvalue weighted by Gasteiger charge is -2.09. The number of aromatic nitrogens is 2. The maximum Gasteiger partial charge on any atom is 0.275 e. The van der Waals surface area contributed by atoms with Gasteiger partial charge >= 0.3 is 0 Å². The molecule has 0 spiro atoms. The predicted molar refractivity (Wildman–Crippen MR) is 103 cm³/mol. The third-order valence-electron chi connectivity index (χ3n) is 3.60. The van der Waals surface area contributed by atoms with Crippen molar-refractivity contribution >= 4 is 29.3 Å². The molecule has 2 aromatic rings. The fourth-order valence-electron chi connectivity index (χ4n) is 2.15. The van der Waals surface area contributed by atoms with E-state index in [9.17, 15) is 14.0 Å². The van der Waals surface area contributed by atoms with E-state index in [-0.39, 0.29) is 24.4 Å².